The maximum absolute atomic E-state index is 10.2. The van der Waals surface area contributed by atoms with Crippen LogP contribution in [0.5, 0.6) is 5.88 Å². The minimum absolute atomic E-state index is 0.483. The Hall–Kier alpha value is -1.88. The summed E-state index contributed by atoms with van der Waals surface area (Å²) in [4.78, 5) is 8.35. The second-order valence-corrected chi connectivity index (χ2v) is 3.58. The number of nitrogens with zero attached hydrogens (tertiary/aromatic N) is 3. The highest BCUT2D eigenvalue weighted by molar-refractivity contribution is 5.21. The van der Waals surface area contributed by atoms with Crippen LogP contribution in [0.2, 0.25) is 0 Å². The Balaban J connectivity index is 2.33. The number of rotatable bonds is 4. The summed E-state index contributed by atoms with van der Waals surface area (Å²) in [6.45, 7) is 2.76. The summed E-state index contributed by atoms with van der Waals surface area (Å²) in [5, 5.41) is 10.2. The van der Waals surface area contributed by atoms with E-state index in [1.54, 1.807) is 31.5 Å². The van der Waals surface area contributed by atoms with Crippen LogP contribution in [0.25, 0.3) is 0 Å². The van der Waals surface area contributed by atoms with Crippen molar-refractivity contribution in [3.05, 3.63) is 42.1 Å². The molecule has 0 spiro atoms. The highest BCUT2D eigenvalue weighted by Gasteiger charge is 2.17. The van der Waals surface area contributed by atoms with E-state index in [0.29, 0.717) is 17.4 Å². The van der Waals surface area contributed by atoms with Gasteiger partial charge in [0, 0.05) is 25.0 Å². The van der Waals surface area contributed by atoms with Crippen LogP contribution in [0, 0.1) is 0 Å². The Bertz CT molecular complexity index is 496. The van der Waals surface area contributed by atoms with Crippen molar-refractivity contribution in [2.45, 2.75) is 19.6 Å². The van der Waals surface area contributed by atoms with Crippen molar-refractivity contribution in [2.75, 3.05) is 7.11 Å². The molecule has 0 amide bonds. The third-order valence-electron chi connectivity index (χ3n) is 2.57. The lowest BCUT2D eigenvalue weighted by Gasteiger charge is -2.12. The van der Waals surface area contributed by atoms with E-state index in [1.165, 1.54) is 0 Å². The Morgan fingerprint density at radius 2 is 2.29 bits per heavy atom. The van der Waals surface area contributed by atoms with Crippen LogP contribution in [-0.2, 0) is 6.54 Å². The molecule has 0 bridgehead atoms. The molecule has 1 atom stereocenters. The number of methoxy groups -OCH3 is 1. The first kappa shape index (κ1) is 11.6. The number of aryl methyl sites for hydroxylation is 1. The smallest absolute Gasteiger partial charge is 0.213 e. The fraction of sp³-hybridized carbons (Fsp3) is 0.333. The molecule has 0 aromatic carbocycles. The van der Waals surface area contributed by atoms with E-state index in [4.69, 9.17) is 4.74 Å². The molecule has 0 aliphatic rings. The van der Waals surface area contributed by atoms with Crippen molar-refractivity contribution in [1.82, 2.24) is 14.5 Å². The molecule has 2 heterocycles. The monoisotopic (exact) mass is 233 g/mol. The summed E-state index contributed by atoms with van der Waals surface area (Å²) in [7, 11) is 1.55. The van der Waals surface area contributed by atoms with Gasteiger partial charge < -0.3 is 14.4 Å². The minimum Gasteiger partial charge on any atom is -0.481 e. The minimum atomic E-state index is -0.833. The maximum Gasteiger partial charge on any atom is 0.213 e. The molecule has 0 saturated carbocycles. The molecule has 1 unspecified atom stereocenters. The molecule has 0 aliphatic carbocycles. The number of aromatic nitrogens is 3. The van der Waals surface area contributed by atoms with Gasteiger partial charge in [0.25, 0.3) is 0 Å². The van der Waals surface area contributed by atoms with Crippen molar-refractivity contribution in [3.63, 3.8) is 0 Å². The van der Waals surface area contributed by atoms with Gasteiger partial charge in [-0.1, -0.05) is 6.07 Å². The Kier molecular flexibility index (Phi) is 3.39. The Morgan fingerprint density at radius 1 is 1.47 bits per heavy atom. The maximum atomic E-state index is 10.2. The van der Waals surface area contributed by atoms with Crippen LogP contribution in [0.1, 0.15) is 24.5 Å². The lowest BCUT2D eigenvalue weighted by molar-refractivity contribution is 0.198. The van der Waals surface area contributed by atoms with Crippen LogP contribution in [0.4, 0.5) is 0 Å². The Morgan fingerprint density at radius 3 is 3.00 bits per heavy atom. The topological polar surface area (TPSA) is 60.2 Å². The van der Waals surface area contributed by atoms with Crippen LogP contribution in [0.3, 0.4) is 0 Å². The van der Waals surface area contributed by atoms with Crippen LogP contribution in [0.15, 0.2) is 30.6 Å². The molecule has 2 aromatic heterocycles. The number of hydrogen-bond acceptors (Lipinski definition) is 4. The van der Waals surface area contributed by atoms with E-state index < -0.39 is 6.10 Å². The number of hydrogen-bond donors (Lipinski definition) is 1. The molecule has 5 heteroatoms. The number of pyridine rings is 1. The van der Waals surface area contributed by atoms with E-state index in [-0.39, 0.29) is 0 Å². The summed E-state index contributed by atoms with van der Waals surface area (Å²) in [6, 6.07) is 5.29. The number of aliphatic hydroxyl groups is 1. The van der Waals surface area contributed by atoms with Crippen molar-refractivity contribution in [3.8, 4) is 5.88 Å². The fourth-order valence-electron chi connectivity index (χ4n) is 1.66. The standard InChI is InChI=1S/C12H15N3O2/c1-3-15-8-7-13-12(15)11(16)9-5-4-6-10(14-9)17-2/h4-8,11,16H,3H2,1-2H3. The first-order chi connectivity index (χ1) is 8.26. The predicted octanol–water partition coefficient (Wildman–Crippen LogP) is 1.39. The van der Waals surface area contributed by atoms with E-state index in [0.717, 1.165) is 6.54 Å². The van der Waals surface area contributed by atoms with Gasteiger partial charge in [-0.2, -0.15) is 0 Å². The van der Waals surface area contributed by atoms with Gasteiger partial charge >= 0.3 is 0 Å². The third kappa shape index (κ3) is 2.29. The second kappa shape index (κ2) is 4.97. The van der Waals surface area contributed by atoms with E-state index in [1.807, 2.05) is 17.7 Å². The van der Waals surface area contributed by atoms with Gasteiger partial charge in [-0.3, -0.25) is 0 Å². The molecule has 90 valence electrons. The van der Waals surface area contributed by atoms with Gasteiger partial charge in [0.2, 0.25) is 5.88 Å². The van der Waals surface area contributed by atoms with Crippen molar-refractivity contribution in [1.29, 1.82) is 0 Å². The average molecular weight is 233 g/mol. The predicted molar refractivity (Wildman–Crippen MR) is 62.8 cm³/mol. The zero-order valence-electron chi connectivity index (χ0n) is 9.87. The molecule has 0 fully saturated rings. The highest BCUT2D eigenvalue weighted by atomic mass is 16.5. The summed E-state index contributed by atoms with van der Waals surface area (Å²) in [5.41, 5.74) is 0.533. The summed E-state index contributed by atoms with van der Waals surface area (Å²) >= 11 is 0. The van der Waals surface area contributed by atoms with Gasteiger partial charge in [-0.15, -0.1) is 0 Å². The van der Waals surface area contributed by atoms with Crippen LogP contribution < -0.4 is 4.74 Å². The summed E-state index contributed by atoms with van der Waals surface area (Å²) in [6.07, 6.45) is 2.67. The highest BCUT2D eigenvalue weighted by Crippen LogP contribution is 2.20. The van der Waals surface area contributed by atoms with Gasteiger partial charge in [-0.25, -0.2) is 9.97 Å². The van der Waals surface area contributed by atoms with Gasteiger partial charge in [0.05, 0.1) is 12.8 Å². The molecule has 0 radical (unpaired) electrons. The molecule has 1 N–H and O–H groups in total. The molecule has 2 rings (SSSR count). The van der Waals surface area contributed by atoms with Gasteiger partial charge in [0.1, 0.15) is 5.82 Å². The number of ether oxygens (including phenoxy) is 1. The second-order valence-electron chi connectivity index (χ2n) is 3.58. The quantitative estimate of drug-likeness (QED) is 0.866. The molecular weight excluding hydrogens is 218 g/mol. The largest absolute Gasteiger partial charge is 0.481 e. The molecule has 0 aliphatic heterocycles. The fourth-order valence-corrected chi connectivity index (χ4v) is 1.66. The lowest BCUT2D eigenvalue weighted by atomic mass is 10.2. The normalized spacial score (nSPS) is 12.4. The first-order valence-corrected chi connectivity index (χ1v) is 5.46. The molecule has 2 aromatic rings. The zero-order valence-corrected chi connectivity index (χ0v) is 9.87. The van der Waals surface area contributed by atoms with Gasteiger partial charge in [0.15, 0.2) is 6.10 Å². The number of aliphatic hydroxyl groups excluding tert-OH is 1. The summed E-state index contributed by atoms with van der Waals surface area (Å²) < 4.78 is 6.91. The summed E-state index contributed by atoms with van der Waals surface area (Å²) in [5.74, 6) is 1.07. The lowest BCUT2D eigenvalue weighted by Crippen LogP contribution is -2.10. The van der Waals surface area contributed by atoms with Crippen molar-refractivity contribution >= 4 is 0 Å². The number of imidazole rings is 1. The third-order valence-corrected chi connectivity index (χ3v) is 2.57. The zero-order chi connectivity index (χ0) is 12.3. The molecular formula is C12H15N3O2. The van der Waals surface area contributed by atoms with E-state index in [9.17, 15) is 5.11 Å². The van der Waals surface area contributed by atoms with Crippen molar-refractivity contribution < 1.29 is 9.84 Å². The van der Waals surface area contributed by atoms with E-state index >= 15 is 0 Å². The first-order valence-electron chi connectivity index (χ1n) is 5.46. The Labute approximate surface area is 99.7 Å². The van der Waals surface area contributed by atoms with Crippen LogP contribution >= 0.6 is 0 Å². The molecule has 0 saturated heterocycles. The van der Waals surface area contributed by atoms with Gasteiger partial charge in [-0.05, 0) is 13.0 Å². The molecule has 17 heavy (non-hydrogen) atoms. The molecule has 5 nitrogen and oxygen atoms in total. The average Bonchev–Trinajstić information content (AvgIpc) is 2.86. The van der Waals surface area contributed by atoms with E-state index in [2.05, 4.69) is 9.97 Å². The van der Waals surface area contributed by atoms with Crippen molar-refractivity contribution in [2.24, 2.45) is 0 Å². The SMILES string of the molecule is CCn1ccnc1C(O)c1cccc(OC)n1. The van der Waals surface area contributed by atoms with Crippen LogP contribution in [-0.4, -0.2) is 26.8 Å².